The van der Waals surface area contributed by atoms with E-state index in [1.54, 1.807) is 36.0 Å². The number of hydrogen-bond donors (Lipinski definition) is 1. The van der Waals surface area contributed by atoms with Crippen LogP contribution in [0.1, 0.15) is 36.2 Å². The van der Waals surface area contributed by atoms with Gasteiger partial charge in [-0.3, -0.25) is 14.9 Å². The number of rotatable bonds is 8. The smallest absolute Gasteiger partial charge is 0.269 e. The van der Waals surface area contributed by atoms with E-state index in [-0.39, 0.29) is 5.69 Å². The zero-order valence-corrected chi connectivity index (χ0v) is 16.6. The van der Waals surface area contributed by atoms with Crippen molar-refractivity contribution in [3.05, 3.63) is 63.7 Å². The summed E-state index contributed by atoms with van der Waals surface area (Å²) in [5.74, 6) is 0.722. The minimum atomic E-state index is -0.473. The van der Waals surface area contributed by atoms with Crippen LogP contribution in [0.4, 0.5) is 5.69 Å². The molecule has 146 valence electrons. The molecule has 0 bridgehead atoms. The number of nitrogens with two attached hydrogens (primary N) is 1. The third kappa shape index (κ3) is 4.51. The van der Waals surface area contributed by atoms with Gasteiger partial charge in [-0.2, -0.15) is 0 Å². The van der Waals surface area contributed by atoms with E-state index in [2.05, 4.69) is 18.4 Å². The minimum Gasteiger partial charge on any atom is -0.366 e. The number of aromatic nitrogens is 2. The van der Waals surface area contributed by atoms with Crippen molar-refractivity contribution in [3.63, 3.8) is 0 Å². The summed E-state index contributed by atoms with van der Waals surface area (Å²) in [5.41, 5.74) is 8.60. The normalized spacial score (nSPS) is 11.2. The van der Waals surface area contributed by atoms with Crippen molar-refractivity contribution in [1.29, 1.82) is 0 Å². The van der Waals surface area contributed by atoms with Gasteiger partial charge in [0.25, 0.3) is 5.69 Å². The molecule has 28 heavy (non-hydrogen) atoms. The van der Waals surface area contributed by atoms with Crippen molar-refractivity contribution in [2.45, 2.75) is 37.7 Å². The number of benzene rings is 2. The second-order valence-corrected chi connectivity index (χ2v) is 7.95. The summed E-state index contributed by atoms with van der Waals surface area (Å²) in [5, 5.41) is 11.6. The van der Waals surface area contributed by atoms with Crippen molar-refractivity contribution < 1.29 is 9.72 Å². The van der Waals surface area contributed by atoms with Gasteiger partial charge in [0, 0.05) is 30.0 Å². The lowest BCUT2D eigenvalue weighted by molar-refractivity contribution is -0.384. The quantitative estimate of drug-likeness (QED) is 0.344. The Balaban J connectivity index is 1.87. The molecule has 1 aromatic heterocycles. The molecular formula is C20H22N4O3S. The van der Waals surface area contributed by atoms with Crippen LogP contribution < -0.4 is 5.73 Å². The molecule has 0 unspecified atom stereocenters. The van der Waals surface area contributed by atoms with Gasteiger partial charge >= 0.3 is 0 Å². The first-order chi connectivity index (χ1) is 13.3. The highest BCUT2D eigenvalue weighted by molar-refractivity contribution is 7.98. The van der Waals surface area contributed by atoms with Crippen LogP contribution in [-0.4, -0.2) is 20.4 Å². The van der Waals surface area contributed by atoms with Crippen LogP contribution in [0.2, 0.25) is 0 Å². The lowest BCUT2D eigenvalue weighted by Gasteiger charge is -2.11. The van der Waals surface area contributed by atoms with E-state index in [9.17, 15) is 14.9 Å². The summed E-state index contributed by atoms with van der Waals surface area (Å²) >= 11 is 1.57. The molecule has 0 aliphatic carbocycles. The van der Waals surface area contributed by atoms with Crippen LogP contribution in [0, 0.1) is 16.0 Å². The van der Waals surface area contributed by atoms with E-state index in [0.29, 0.717) is 17.2 Å². The van der Waals surface area contributed by atoms with E-state index in [0.717, 1.165) is 34.7 Å². The zero-order chi connectivity index (χ0) is 20.3. The number of imidazole rings is 1. The number of aryl methyl sites for hydroxylation is 1. The van der Waals surface area contributed by atoms with E-state index in [4.69, 9.17) is 10.7 Å². The number of fused-ring (bicyclic) bond motifs is 1. The first kappa shape index (κ1) is 19.9. The zero-order valence-electron chi connectivity index (χ0n) is 15.8. The third-order valence-electron chi connectivity index (χ3n) is 4.44. The average Bonchev–Trinajstić information content (AvgIpc) is 3.01. The Morgan fingerprint density at radius 1 is 1.25 bits per heavy atom. The van der Waals surface area contributed by atoms with E-state index < -0.39 is 10.8 Å². The molecule has 2 aromatic carbocycles. The summed E-state index contributed by atoms with van der Waals surface area (Å²) in [4.78, 5) is 26.6. The number of nitro groups is 1. The van der Waals surface area contributed by atoms with Crippen molar-refractivity contribution in [2.75, 3.05) is 0 Å². The summed E-state index contributed by atoms with van der Waals surface area (Å²) < 4.78 is 2.16. The molecule has 0 saturated heterocycles. The predicted molar refractivity (Wildman–Crippen MR) is 110 cm³/mol. The fourth-order valence-corrected chi connectivity index (χ4v) is 3.83. The Hall–Kier alpha value is -2.87. The highest BCUT2D eigenvalue weighted by Crippen LogP contribution is 2.28. The second-order valence-electron chi connectivity index (χ2n) is 7.01. The number of primary amides is 1. The molecule has 2 N–H and O–H groups in total. The number of non-ortho nitro benzene ring substituents is 1. The number of hydrogen-bond acceptors (Lipinski definition) is 5. The minimum absolute atomic E-state index is 0.0805. The Labute approximate surface area is 167 Å². The molecule has 0 spiro atoms. The van der Waals surface area contributed by atoms with Gasteiger partial charge in [-0.1, -0.05) is 37.7 Å². The number of carbonyl (C=O) groups is 1. The van der Waals surface area contributed by atoms with Crippen LogP contribution in [0.25, 0.3) is 11.0 Å². The molecule has 1 amide bonds. The van der Waals surface area contributed by atoms with Gasteiger partial charge in [-0.05, 0) is 36.1 Å². The van der Waals surface area contributed by atoms with E-state index in [1.807, 2.05) is 6.07 Å². The molecule has 0 aliphatic heterocycles. The highest BCUT2D eigenvalue weighted by Gasteiger charge is 2.14. The molecule has 0 radical (unpaired) electrons. The largest absolute Gasteiger partial charge is 0.366 e. The van der Waals surface area contributed by atoms with Gasteiger partial charge in [0.15, 0.2) is 5.16 Å². The molecular weight excluding hydrogens is 376 g/mol. The molecule has 7 nitrogen and oxygen atoms in total. The summed E-state index contributed by atoms with van der Waals surface area (Å²) in [6, 6.07) is 11.9. The van der Waals surface area contributed by atoms with Crippen molar-refractivity contribution in [3.8, 4) is 0 Å². The van der Waals surface area contributed by atoms with Crippen molar-refractivity contribution in [2.24, 2.45) is 11.7 Å². The van der Waals surface area contributed by atoms with Gasteiger partial charge in [-0.25, -0.2) is 4.98 Å². The number of amides is 1. The average molecular weight is 398 g/mol. The summed E-state index contributed by atoms with van der Waals surface area (Å²) in [6.07, 6.45) is 1.01. The van der Waals surface area contributed by atoms with Crippen LogP contribution in [0.3, 0.4) is 0 Å². The number of carbonyl (C=O) groups excluding carboxylic acids is 1. The molecule has 0 saturated carbocycles. The van der Waals surface area contributed by atoms with E-state index in [1.165, 1.54) is 12.1 Å². The Morgan fingerprint density at radius 3 is 2.57 bits per heavy atom. The monoisotopic (exact) mass is 398 g/mol. The predicted octanol–water partition coefficient (Wildman–Crippen LogP) is 4.38. The SMILES string of the molecule is CC(C)CCn1c(SCc2ccc([N+](=O)[O-])cc2)nc2cc(C(N)=O)ccc21. The fraction of sp³-hybridized carbons (Fsp3) is 0.300. The molecule has 0 fully saturated rings. The van der Waals surface area contributed by atoms with Crippen LogP contribution in [0.15, 0.2) is 47.6 Å². The van der Waals surface area contributed by atoms with Gasteiger partial charge in [-0.15, -0.1) is 0 Å². The standard InChI is InChI=1S/C20H22N4O3S/c1-13(2)9-10-23-18-8-5-15(19(21)25)11-17(18)22-20(23)28-12-14-3-6-16(7-4-14)24(26)27/h3-8,11,13H,9-10,12H2,1-2H3,(H2,21,25). The number of nitrogens with zero attached hydrogens (tertiary/aromatic N) is 3. The number of nitro benzene ring substituents is 1. The molecule has 8 heteroatoms. The van der Waals surface area contributed by atoms with Gasteiger partial charge in [0.2, 0.25) is 5.91 Å². The van der Waals surface area contributed by atoms with Gasteiger partial charge in [0.05, 0.1) is 16.0 Å². The topological polar surface area (TPSA) is 104 Å². The van der Waals surface area contributed by atoms with Crippen LogP contribution in [0.5, 0.6) is 0 Å². The molecule has 3 aromatic rings. The van der Waals surface area contributed by atoms with Gasteiger partial charge in [0.1, 0.15) is 0 Å². The van der Waals surface area contributed by atoms with Crippen LogP contribution in [-0.2, 0) is 12.3 Å². The summed E-state index contributed by atoms with van der Waals surface area (Å²) in [7, 11) is 0. The molecule has 0 aliphatic rings. The maximum atomic E-state index is 11.5. The second kappa shape index (κ2) is 8.43. The Bertz CT molecular complexity index is 1010. The van der Waals surface area contributed by atoms with E-state index >= 15 is 0 Å². The van der Waals surface area contributed by atoms with Gasteiger partial charge < -0.3 is 10.3 Å². The first-order valence-electron chi connectivity index (χ1n) is 9.01. The Kier molecular flexibility index (Phi) is 5.99. The highest BCUT2D eigenvalue weighted by atomic mass is 32.2. The Morgan fingerprint density at radius 2 is 1.96 bits per heavy atom. The maximum absolute atomic E-state index is 11.5. The summed E-state index contributed by atoms with van der Waals surface area (Å²) in [6.45, 7) is 5.18. The fourth-order valence-electron chi connectivity index (χ4n) is 2.84. The van der Waals surface area contributed by atoms with Crippen molar-refractivity contribution >= 4 is 34.4 Å². The van der Waals surface area contributed by atoms with Crippen LogP contribution >= 0.6 is 11.8 Å². The molecule has 3 rings (SSSR count). The lowest BCUT2D eigenvalue weighted by Crippen LogP contribution is -2.10. The molecule has 0 atom stereocenters. The number of thioether (sulfide) groups is 1. The third-order valence-corrected chi connectivity index (χ3v) is 5.49. The maximum Gasteiger partial charge on any atom is 0.269 e. The molecule has 1 heterocycles. The van der Waals surface area contributed by atoms with Crippen molar-refractivity contribution in [1.82, 2.24) is 9.55 Å². The lowest BCUT2D eigenvalue weighted by atomic mass is 10.1. The first-order valence-corrected chi connectivity index (χ1v) is 10.00.